The Morgan fingerprint density at radius 2 is 1.89 bits per heavy atom. The van der Waals surface area contributed by atoms with Crippen LogP contribution >= 0.6 is 11.3 Å². The van der Waals surface area contributed by atoms with Crippen LogP contribution in [0.1, 0.15) is 38.7 Å². The monoisotopic (exact) mass is 671 g/mol. The average molecular weight is 672 g/mol. The van der Waals surface area contributed by atoms with E-state index < -0.39 is 40.8 Å². The third-order valence-electron chi connectivity index (χ3n) is 10.1. The van der Waals surface area contributed by atoms with E-state index in [0.717, 1.165) is 36.3 Å². The predicted molar refractivity (Wildman–Crippen MR) is 171 cm³/mol. The second-order valence-electron chi connectivity index (χ2n) is 13.1. The van der Waals surface area contributed by atoms with Crippen LogP contribution in [-0.2, 0) is 0 Å². The minimum Gasteiger partial charge on any atom is -0.463 e. The lowest BCUT2D eigenvalue weighted by Crippen LogP contribution is -2.52. The number of fused-ring (bicyclic) bond motifs is 4. The van der Waals surface area contributed by atoms with Crippen LogP contribution in [-0.4, -0.2) is 72.7 Å². The van der Waals surface area contributed by atoms with Gasteiger partial charge in [0.1, 0.15) is 34.0 Å². The molecule has 8 nitrogen and oxygen atoms in total. The van der Waals surface area contributed by atoms with Gasteiger partial charge < -0.3 is 25.6 Å². The Balaban J connectivity index is 1.37. The molecule has 3 fully saturated rings. The van der Waals surface area contributed by atoms with Crippen molar-refractivity contribution in [1.29, 1.82) is 5.26 Å². The van der Waals surface area contributed by atoms with E-state index in [9.17, 15) is 18.4 Å². The van der Waals surface area contributed by atoms with Crippen molar-refractivity contribution in [3.05, 3.63) is 41.2 Å². The summed E-state index contributed by atoms with van der Waals surface area (Å²) in [5.74, 6) is -3.29. The van der Waals surface area contributed by atoms with Crippen LogP contribution in [0.15, 0.2) is 18.2 Å². The summed E-state index contributed by atoms with van der Waals surface area (Å²) < 4.78 is 82.2. The molecular formula is C33H34F5N7OS. The molecule has 3 aliphatic rings. The molecule has 0 spiro atoms. The summed E-state index contributed by atoms with van der Waals surface area (Å²) in [5, 5.41) is 13.5. The van der Waals surface area contributed by atoms with Crippen LogP contribution < -0.4 is 20.7 Å². The van der Waals surface area contributed by atoms with Crippen molar-refractivity contribution in [2.24, 2.45) is 11.3 Å². The molecule has 14 heteroatoms. The van der Waals surface area contributed by atoms with E-state index in [2.05, 4.69) is 20.2 Å². The smallest absolute Gasteiger partial charge is 0.319 e. The number of nitrogen functional groups attached to an aromatic ring is 1. The number of nitrogens with two attached hydrogens (primary N) is 1. The number of likely N-dealkylation sites (tertiary alicyclic amines) is 1. The van der Waals surface area contributed by atoms with E-state index in [4.69, 9.17) is 10.5 Å². The molecule has 2 aromatic heterocycles. The third-order valence-corrected chi connectivity index (χ3v) is 11.1. The molecule has 3 aliphatic heterocycles. The van der Waals surface area contributed by atoms with Crippen LogP contribution in [0.4, 0.5) is 32.8 Å². The summed E-state index contributed by atoms with van der Waals surface area (Å²) in [7, 11) is 0. The average Bonchev–Trinajstić information content (AvgIpc) is 3.57. The largest absolute Gasteiger partial charge is 0.463 e. The summed E-state index contributed by atoms with van der Waals surface area (Å²) in [6.07, 6.45) is -0.340. The van der Waals surface area contributed by atoms with E-state index >= 15 is 8.78 Å². The molecule has 5 heterocycles. The van der Waals surface area contributed by atoms with E-state index in [1.165, 1.54) is 6.07 Å². The molecule has 0 unspecified atom stereocenters. The van der Waals surface area contributed by atoms with Crippen LogP contribution in [0.3, 0.4) is 0 Å². The first-order chi connectivity index (χ1) is 22.5. The fourth-order valence-corrected chi connectivity index (χ4v) is 8.60. The maximum Gasteiger partial charge on any atom is 0.319 e. The maximum absolute atomic E-state index is 16.8. The molecule has 248 valence electrons. The number of anilines is 2. The second-order valence-corrected chi connectivity index (χ2v) is 14.2. The van der Waals surface area contributed by atoms with Crippen molar-refractivity contribution in [3.8, 4) is 23.2 Å². The minimum absolute atomic E-state index is 0.00886. The standard InChI is InChI=1S/C33H34F5N7OS/c1-3-44-9-8-21(29(37)38)33(2,14-44)15-46-32-42-27-19(31(43-32)45-12-16-4-5-17(13-45)41-16)10-23(35)25(26(27)36)18-6-7-22(34)28-24(18)20(11-39)30(40)47-28/h6-7,10,16-17,21,29,41H,3-5,8-9,12-15,40H2,1-2H3/t16-,17+,21-,33+/m1/s1. The molecule has 3 N–H and O–H groups in total. The van der Waals surface area contributed by atoms with Gasteiger partial charge in [-0.2, -0.15) is 15.2 Å². The van der Waals surface area contributed by atoms with Crippen molar-refractivity contribution in [3.63, 3.8) is 0 Å². The molecule has 47 heavy (non-hydrogen) atoms. The van der Waals surface area contributed by atoms with Crippen molar-refractivity contribution >= 4 is 43.1 Å². The molecule has 0 aliphatic carbocycles. The zero-order valence-corrected chi connectivity index (χ0v) is 26.7. The second kappa shape index (κ2) is 12.0. The lowest BCUT2D eigenvalue weighted by atomic mass is 9.73. The summed E-state index contributed by atoms with van der Waals surface area (Å²) in [6, 6.07) is 5.53. The predicted octanol–water partition coefficient (Wildman–Crippen LogP) is 6.32. The summed E-state index contributed by atoms with van der Waals surface area (Å²) in [6.45, 7) is 6.33. The number of alkyl halides is 2. The number of ether oxygens (including phenoxy) is 1. The molecule has 0 saturated carbocycles. The van der Waals surface area contributed by atoms with E-state index in [1.807, 2.05) is 17.9 Å². The number of halogens is 5. The molecule has 4 atom stereocenters. The van der Waals surface area contributed by atoms with Crippen LogP contribution in [0, 0.1) is 40.1 Å². The topological polar surface area (TPSA) is 103 Å². The number of piperazine rings is 1. The molecule has 3 saturated heterocycles. The van der Waals surface area contributed by atoms with Crippen molar-refractivity contribution in [2.45, 2.75) is 51.6 Å². The van der Waals surface area contributed by atoms with Crippen LogP contribution in [0.2, 0.25) is 0 Å². The highest BCUT2D eigenvalue weighted by Gasteiger charge is 2.45. The Morgan fingerprint density at radius 3 is 2.57 bits per heavy atom. The zero-order chi connectivity index (χ0) is 33.2. The quantitative estimate of drug-likeness (QED) is 0.220. The fourth-order valence-electron chi connectivity index (χ4n) is 7.65. The number of benzene rings is 2. The van der Waals surface area contributed by atoms with Gasteiger partial charge in [-0.15, -0.1) is 11.3 Å². The summed E-state index contributed by atoms with van der Waals surface area (Å²) in [4.78, 5) is 13.1. The Hall–Kier alpha value is -3.80. The van der Waals surface area contributed by atoms with Gasteiger partial charge in [0.25, 0.3) is 0 Å². The van der Waals surface area contributed by atoms with Gasteiger partial charge in [0.2, 0.25) is 6.43 Å². The molecule has 0 amide bonds. The number of thiophene rings is 1. The van der Waals surface area contributed by atoms with Gasteiger partial charge in [-0.3, -0.25) is 0 Å². The number of hydrogen-bond donors (Lipinski definition) is 2. The number of nitrogens with zero attached hydrogens (tertiary/aromatic N) is 5. The molecule has 0 radical (unpaired) electrons. The van der Waals surface area contributed by atoms with Crippen molar-refractivity contribution in [2.75, 3.05) is 50.0 Å². The Morgan fingerprint density at radius 1 is 1.15 bits per heavy atom. The highest BCUT2D eigenvalue weighted by Crippen LogP contribution is 2.45. The molecular weight excluding hydrogens is 637 g/mol. The highest BCUT2D eigenvalue weighted by atomic mass is 32.1. The lowest BCUT2D eigenvalue weighted by molar-refractivity contribution is -0.0721. The van der Waals surface area contributed by atoms with Crippen molar-refractivity contribution in [1.82, 2.24) is 20.2 Å². The van der Waals surface area contributed by atoms with Gasteiger partial charge in [-0.25, -0.2) is 22.0 Å². The Labute approximate surface area is 272 Å². The van der Waals surface area contributed by atoms with Gasteiger partial charge >= 0.3 is 6.01 Å². The van der Waals surface area contributed by atoms with Gasteiger partial charge in [0.15, 0.2) is 5.82 Å². The van der Waals surface area contributed by atoms with Crippen molar-refractivity contribution < 1.29 is 26.7 Å². The maximum atomic E-state index is 16.8. The minimum atomic E-state index is -2.55. The number of hydrogen-bond acceptors (Lipinski definition) is 9. The zero-order valence-electron chi connectivity index (χ0n) is 25.9. The van der Waals surface area contributed by atoms with E-state index in [1.54, 1.807) is 6.92 Å². The van der Waals surface area contributed by atoms with E-state index in [0.29, 0.717) is 39.1 Å². The normalized spacial score (nSPS) is 24.8. The number of piperidine rings is 1. The molecule has 2 aromatic carbocycles. The van der Waals surface area contributed by atoms with Crippen LogP contribution in [0.5, 0.6) is 6.01 Å². The first kappa shape index (κ1) is 31.8. The molecule has 4 aromatic rings. The summed E-state index contributed by atoms with van der Waals surface area (Å²) in [5.41, 5.74) is 4.21. The third kappa shape index (κ3) is 5.42. The van der Waals surface area contributed by atoms with Gasteiger partial charge in [-0.1, -0.05) is 19.9 Å². The van der Waals surface area contributed by atoms with E-state index in [-0.39, 0.29) is 67.6 Å². The lowest BCUT2D eigenvalue weighted by Gasteiger charge is -2.45. The number of aromatic nitrogens is 2. The number of nitriles is 1. The first-order valence-electron chi connectivity index (χ1n) is 15.8. The Kier molecular flexibility index (Phi) is 8.13. The molecule has 2 bridgehead atoms. The van der Waals surface area contributed by atoms with Crippen LogP contribution in [0.25, 0.3) is 32.1 Å². The number of rotatable bonds is 7. The van der Waals surface area contributed by atoms with Gasteiger partial charge in [0, 0.05) is 53.8 Å². The highest BCUT2D eigenvalue weighted by molar-refractivity contribution is 7.23. The first-order valence-corrected chi connectivity index (χ1v) is 16.6. The van der Waals surface area contributed by atoms with Gasteiger partial charge in [-0.05, 0) is 50.0 Å². The number of nitrogens with one attached hydrogen (secondary N) is 1. The van der Waals surface area contributed by atoms with Gasteiger partial charge in [0.05, 0.1) is 22.4 Å². The summed E-state index contributed by atoms with van der Waals surface area (Å²) >= 11 is 0.828. The molecule has 7 rings (SSSR count). The Bertz CT molecular complexity index is 1900. The SMILES string of the molecule is CCN1CC[C@H](C(F)F)[C@](C)(COc2nc(N3C[C@H]4CC[C@@H](C3)N4)c3cc(F)c(-c4ccc(F)c5sc(N)c(C#N)c45)c(F)c3n2)C1. The fraction of sp³-hybridized carbons (Fsp3) is 0.485.